The molecule has 0 atom stereocenters. The van der Waals surface area contributed by atoms with Crippen molar-refractivity contribution in [3.05, 3.63) is 101 Å². The van der Waals surface area contributed by atoms with Crippen LogP contribution in [0.3, 0.4) is 0 Å². The largest absolute Gasteiger partial charge is 0.375 e. The highest BCUT2D eigenvalue weighted by Gasteiger charge is 2.37. The SMILES string of the molecule is CC(C)(C)c1cc(C(C)(C)C)c(P=C(Cl)C(O)(c2ccccc2)c2ccccc2)c(C(C)(C)C)c1. The Morgan fingerprint density at radius 1 is 0.600 bits per heavy atom. The summed E-state index contributed by atoms with van der Waals surface area (Å²) in [5.41, 5.74) is 3.85. The number of aliphatic hydroxyl groups is 1. The fourth-order valence-electron chi connectivity index (χ4n) is 4.27. The Bertz CT molecular complexity index is 1120. The van der Waals surface area contributed by atoms with Crippen LogP contribution >= 0.6 is 19.8 Å². The zero-order chi connectivity index (χ0) is 26.2. The highest BCUT2D eigenvalue weighted by atomic mass is 35.5. The third-order valence-corrected chi connectivity index (χ3v) is 8.24. The van der Waals surface area contributed by atoms with E-state index >= 15 is 0 Å². The summed E-state index contributed by atoms with van der Waals surface area (Å²) in [6.07, 6.45) is 0. The molecule has 3 aromatic rings. The molecule has 0 fully saturated rings. The molecule has 3 rings (SSSR count). The van der Waals surface area contributed by atoms with E-state index in [0.29, 0.717) is 4.75 Å². The minimum absolute atomic E-state index is 0.0255. The van der Waals surface area contributed by atoms with Gasteiger partial charge in [-0.1, -0.05) is 147 Å². The molecule has 0 unspecified atom stereocenters. The zero-order valence-corrected chi connectivity index (χ0v) is 24.4. The van der Waals surface area contributed by atoms with Crippen molar-refractivity contribution < 1.29 is 5.11 Å². The monoisotopic (exact) mass is 506 g/mol. The van der Waals surface area contributed by atoms with Crippen molar-refractivity contribution in [3.8, 4) is 0 Å². The van der Waals surface area contributed by atoms with Gasteiger partial charge in [0.05, 0.1) is 4.75 Å². The van der Waals surface area contributed by atoms with Crippen molar-refractivity contribution >= 4 is 29.9 Å². The van der Waals surface area contributed by atoms with Gasteiger partial charge in [-0.05, 0) is 52.3 Å². The number of rotatable bonds is 4. The van der Waals surface area contributed by atoms with Crippen LogP contribution in [0, 0.1) is 0 Å². The van der Waals surface area contributed by atoms with Crippen molar-refractivity contribution in [2.24, 2.45) is 0 Å². The molecule has 0 spiro atoms. The van der Waals surface area contributed by atoms with E-state index in [1.807, 2.05) is 60.7 Å². The summed E-state index contributed by atoms with van der Waals surface area (Å²) in [5.74, 6) is 0. The third-order valence-electron chi connectivity index (χ3n) is 6.48. The smallest absolute Gasteiger partial charge is 0.155 e. The van der Waals surface area contributed by atoms with Crippen LogP contribution in [0.4, 0.5) is 0 Å². The molecule has 3 aromatic carbocycles. The molecule has 0 amide bonds. The fourth-order valence-corrected chi connectivity index (χ4v) is 6.40. The van der Waals surface area contributed by atoms with Gasteiger partial charge < -0.3 is 5.11 Å². The molecule has 0 bridgehead atoms. The van der Waals surface area contributed by atoms with Crippen LogP contribution in [0.15, 0.2) is 72.8 Å². The van der Waals surface area contributed by atoms with E-state index < -0.39 is 5.60 Å². The van der Waals surface area contributed by atoms with Crippen molar-refractivity contribution in [3.63, 3.8) is 0 Å². The minimum atomic E-state index is -1.42. The molecule has 0 heterocycles. The highest BCUT2D eigenvalue weighted by molar-refractivity contribution is 7.54. The van der Waals surface area contributed by atoms with Crippen LogP contribution in [0.2, 0.25) is 0 Å². The standard InChI is InChI=1S/C32H40ClOP/c1-29(2,3)24-20-25(30(4,5)6)27(26(21-24)31(7,8)9)35-28(33)32(34,22-16-12-10-13-17-22)23-18-14-11-15-19-23/h10-21,34H,1-9H3. The molecule has 0 aromatic heterocycles. The van der Waals surface area contributed by atoms with Crippen molar-refractivity contribution in [2.75, 3.05) is 0 Å². The molecule has 1 nitrogen and oxygen atoms in total. The normalized spacial score (nSPS) is 13.7. The quantitative estimate of drug-likeness (QED) is 0.352. The lowest BCUT2D eigenvalue weighted by molar-refractivity contribution is 0.161. The highest BCUT2D eigenvalue weighted by Crippen LogP contribution is 2.39. The van der Waals surface area contributed by atoms with Crippen LogP contribution in [0.5, 0.6) is 0 Å². The number of hydrogen-bond donors (Lipinski definition) is 1. The van der Waals surface area contributed by atoms with Crippen LogP contribution in [0.25, 0.3) is 0 Å². The molecule has 35 heavy (non-hydrogen) atoms. The van der Waals surface area contributed by atoms with Crippen LogP contribution in [0.1, 0.15) is 90.1 Å². The van der Waals surface area contributed by atoms with Gasteiger partial charge in [-0.15, -0.1) is 0 Å². The van der Waals surface area contributed by atoms with Crippen LogP contribution in [-0.4, -0.2) is 9.86 Å². The molecule has 0 aliphatic heterocycles. The van der Waals surface area contributed by atoms with Crippen molar-refractivity contribution in [1.29, 1.82) is 0 Å². The molecular weight excluding hydrogens is 467 g/mol. The van der Waals surface area contributed by atoms with E-state index in [9.17, 15) is 5.11 Å². The van der Waals surface area contributed by atoms with E-state index in [4.69, 9.17) is 11.6 Å². The molecule has 0 aliphatic carbocycles. The summed E-state index contributed by atoms with van der Waals surface area (Å²) < 4.78 is 0.481. The number of hydrogen-bond acceptors (Lipinski definition) is 1. The van der Waals surface area contributed by atoms with Crippen LogP contribution < -0.4 is 5.30 Å². The minimum Gasteiger partial charge on any atom is -0.375 e. The van der Waals surface area contributed by atoms with Gasteiger partial charge in [-0.2, -0.15) is 0 Å². The average Bonchev–Trinajstić information content (AvgIpc) is 2.77. The summed E-state index contributed by atoms with van der Waals surface area (Å²) >= 11 is 7.22. The summed E-state index contributed by atoms with van der Waals surface area (Å²) in [6, 6.07) is 24.2. The summed E-state index contributed by atoms with van der Waals surface area (Å²) in [7, 11) is 0.818. The fraction of sp³-hybridized carbons (Fsp3) is 0.406. The topological polar surface area (TPSA) is 20.2 Å². The predicted molar refractivity (Wildman–Crippen MR) is 156 cm³/mol. The Balaban J connectivity index is 2.40. The van der Waals surface area contributed by atoms with Crippen molar-refractivity contribution in [2.45, 2.75) is 84.2 Å². The van der Waals surface area contributed by atoms with E-state index in [0.717, 1.165) is 19.3 Å². The van der Waals surface area contributed by atoms with Gasteiger partial charge in [0, 0.05) is 5.30 Å². The second-order valence-corrected chi connectivity index (χ2v) is 14.3. The van der Waals surface area contributed by atoms with Gasteiger partial charge in [0.1, 0.15) is 0 Å². The first-order valence-electron chi connectivity index (χ1n) is 12.3. The van der Waals surface area contributed by atoms with Gasteiger partial charge >= 0.3 is 0 Å². The zero-order valence-electron chi connectivity index (χ0n) is 22.7. The maximum absolute atomic E-state index is 12.3. The molecule has 186 valence electrons. The predicted octanol–water partition coefficient (Wildman–Crippen LogP) is 8.46. The summed E-state index contributed by atoms with van der Waals surface area (Å²) in [5, 5.41) is 13.5. The maximum atomic E-state index is 12.3. The lowest BCUT2D eigenvalue weighted by Crippen LogP contribution is -2.35. The molecule has 0 saturated heterocycles. The molecule has 0 aliphatic rings. The van der Waals surface area contributed by atoms with Gasteiger partial charge in [0.25, 0.3) is 0 Å². The average molecular weight is 507 g/mol. The van der Waals surface area contributed by atoms with Gasteiger partial charge in [-0.3, -0.25) is 0 Å². The Morgan fingerprint density at radius 2 is 0.971 bits per heavy atom. The number of halogens is 1. The Labute approximate surface area is 219 Å². The van der Waals surface area contributed by atoms with Crippen LogP contribution in [-0.2, 0) is 21.8 Å². The Hall–Kier alpha value is -1.92. The Morgan fingerprint density at radius 3 is 1.29 bits per heavy atom. The van der Waals surface area contributed by atoms with E-state index in [-0.39, 0.29) is 16.2 Å². The maximum Gasteiger partial charge on any atom is 0.155 e. The second-order valence-electron chi connectivity index (χ2n) is 12.5. The first-order valence-corrected chi connectivity index (χ1v) is 13.6. The second kappa shape index (κ2) is 9.85. The van der Waals surface area contributed by atoms with E-state index in [1.165, 1.54) is 22.0 Å². The summed E-state index contributed by atoms with van der Waals surface area (Å²) in [4.78, 5) is 0. The molecule has 0 saturated carbocycles. The molecule has 3 heteroatoms. The van der Waals surface area contributed by atoms with Gasteiger partial charge in [0.2, 0.25) is 0 Å². The molecule has 1 N–H and O–H groups in total. The Kier molecular flexibility index (Phi) is 7.79. The van der Waals surface area contributed by atoms with Gasteiger partial charge in [0.15, 0.2) is 5.60 Å². The summed E-state index contributed by atoms with van der Waals surface area (Å²) in [6.45, 7) is 20.3. The first kappa shape index (κ1) is 27.7. The first-order chi connectivity index (χ1) is 16.1. The third kappa shape index (κ3) is 5.91. The van der Waals surface area contributed by atoms with Crippen molar-refractivity contribution in [1.82, 2.24) is 0 Å². The van der Waals surface area contributed by atoms with E-state index in [1.54, 1.807) is 0 Å². The number of benzene rings is 3. The molecular formula is C32H40ClOP. The van der Waals surface area contributed by atoms with E-state index in [2.05, 4.69) is 74.4 Å². The lowest BCUT2D eigenvalue weighted by Gasteiger charge is -2.34. The van der Waals surface area contributed by atoms with Gasteiger partial charge in [-0.25, -0.2) is 0 Å². The molecule has 0 radical (unpaired) electrons. The lowest BCUT2D eigenvalue weighted by atomic mass is 9.75.